The van der Waals surface area contributed by atoms with Crippen LogP contribution in [0.25, 0.3) is 22.0 Å². The van der Waals surface area contributed by atoms with Gasteiger partial charge in [0.25, 0.3) is 11.8 Å². The minimum absolute atomic E-state index is 0.176. The molecule has 1 fully saturated rings. The standard InChI is InChI=1S/C28H28N4O4/c1-36-24-8-3-2-5-21(24)28(35)30-15-17-9-11-18(12-10-17)20-14-13-19-16-31-32(22-6-4-7-23(22)33)26(19)25(20)27(29)34/h2-3,5,8-14,16,22-23,33H,4,6-7,15H2,1H3,(H2,29,34)(H,30,35). The van der Waals surface area contributed by atoms with E-state index in [1.54, 1.807) is 29.1 Å². The van der Waals surface area contributed by atoms with Gasteiger partial charge in [0, 0.05) is 11.9 Å². The minimum Gasteiger partial charge on any atom is -0.496 e. The van der Waals surface area contributed by atoms with Crippen molar-refractivity contribution < 1.29 is 19.4 Å². The molecule has 4 N–H and O–H groups in total. The number of nitrogens with one attached hydrogen (secondary N) is 1. The number of carbonyl (C=O) groups excluding carboxylic acids is 2. The molecule has 2 amide bonds. The van der Waals surface area contributed by atoms with Gasteiger partial charge in [0.2, 0.25) is 0 Å². The van der Waals surface area contributed by atoms with Crippen molar-refractivity contribution in [2.75, 3.05) is 7.11 Å². The van der Waals surface area contributed by atoms with Gasteiger partial charge in [-0.05, 0) is 48.1 Å². The fourth-order valence-corrected chi connectivity index (χ4v) is 5.00. The van der Waals surface area contributed by atoms with E-state index >= 15 is 0 Å². The molecule has 3 aromatic carbocycles. The average molecular weight is 485 g/mol. The molecule has 0 aliphatic heterocycles. The Morgan fingerprint density at radius 1 is 1.11 bits per heavy atom. The number of aliphatic hydroxyl groups is 1. The molecule has 1 aliphatic carbocycles. The molecule has 8 nitrogen and oxygen atoms in total. The Balaban J connectivity index is 1.42. The third-order valence-corrected chi connectivity index (χ3v) is 6.83. The molecule has 2 unspecified atom stereocenters. The molecule has 0 spiro atoms. The topological polar surface area (TPSA) is 119 Å². The fourth-order valence-electron chi connectivity index (χ4n) is 5.00. The van der Waals surface area contributed by atoms with E-state index in [1.807, 2.05) is 42.5 Å². The molecule has 0 radical (unpaired) electrons. The van der Waals surface area contributed by atoms with E-state index in [-0.39, 0.29) is 11.9 Å². The zero-order valence-electron chi connectivity index (χ0n) is 20.0. The lowest BCUT2D eigenvalue weighted by atomic mass is 9.96. The summed E-state index contributed by atoms with van der Waals surface area (Å²) in [6.07, 6.45) is 3.64. The Bertz CT molecular complexity index is 1430. The van der Waals surface area contributed by atoms with Crippen molar-refractivity contribution in [1.29, 1.82) is 0 Å². The normalized spacial score (nSPS) is 17.3. The Morgan fingerprint density at radius 2 is 1.89 bits per heavy atom. The van der Waals surface area contributed by atoms with E-state index in [0.29, 0.717) is 40.9 Å². The summed E-state index contributed by atoms with van der Waals surface area (Å²) in [4.78, 5) is 25.2. The van der Waals surface area contributed by atoms with Gasteiger partial charge in [-0.1, -0.05) is 48.5 Å². The fraction of sp³-hybridized carbons (Fsp3) is 0.250. The van der Waals surface area contributed by atoms with Crippen LogP contribution in [-0.4, -0.2) is 39.9 Å². The molecule has 36 heavy (non-hydrogen) atoms. The number of carbonyl (C=O) groups is 2. The second-order valence-electron chi connectivity index (χ2n) is 9.02. The number of benzene rings is 3. The van der Waals surface area contributed by atoms with E-state index in [0.717, 1.165) is 29.4 Å². The van der Waals surface area contributed by atoms with Gasteiger partial charge in [0.15, 0.2) is 0 Å². The van der Waals surface area contributed by atoms with Crippen LogP contribution in [0.3, 0.4) is 0 Å². The molecule has 5 rings (SSSR count). The number of methoxy groups -OCH3 is 1. The first-order valence-corrected chi connectivity index (χ1v) is 12.0. The van der Waals surface area contributed by atoms with Crippen LogP contribution in [0, 0.1) is 0 Å². The highest BCUT2D eigenvalue weighted by Gasteiger charge is 2.30. The number of amides is 2. The lowest BCUT2D eigenvalue weighted by Crippen LogP contribution is -2.23. The molecule has 1 saturated carbocycles. The molecule has 1 aromatic heterocycles. The van der Waals surface area contributed by atoms with E-state index in [1.165, 1.54) is 7.11 Å². The van der Waals surface area contributed by atoms with Crippen LogP contribution in [0.2, 0.25) is 0 Å². The number of fused-ring (bicyclic) bond motifs is 1. The molecule has 1 aliphatic rings. The third-order valence-electron chi connectivity index (χ3n) is 6.83. The minimum atomic E-state index is -0.544. The van der Waals surface area contributed by atoms with E-state index < -0.39 is 12.0 Å². The van der Waals surface area contributed by atoms with Crippen LogP contribution in [-0.2, 0) is 6.54 Å². The first kappa shape index (κ1) is 23.6. The number of para-hydroxylation sites is 1. The first-order valence-electron chi connectivity index (χ1n) is 12.0. The smallest absolute Gasteiger partial charge is 0.255 e. The number of ether oxygens (including phenoxy) is 1. The van der Waals surface area contributed by atoms with Gasteiger partial charge in [0.05, 0.1) is 42.1 Å². The van der Waals surface area contributed by atoms with Gasteiger partial charge in [-0.15, -0.1) is 0 Å². The Kier molecular flexibility index (Phi) is 6.43. The number of hydrogen-bond acceptors (Lipinski definition) is 5. The first-order chi connectivity index (χ1) is 17.5. The summed E-state index contributed by atoms with van der Waals surface area (Å²) in [5.41, 5.74) is 9.82. The third kappa shape index (κ3) is 4.31. The summed E-state index contributed by atoms with van der Waals surface area (Å²) in [6.45, 7) is 0.339. The van der Waals surface area contributed by atoms with Crippen LogP contribution >= 0.6 is 0 Å². The van der Waals surface area contributed by atoms with E-state index in [9.17, 15) is 14.7 Å². The van der Waals surface area contributed by atoms with Gasteiger partial charge in [-0.25, -0.2) is 0 Å². The van der Waals surface area contributed by atoms with Gasteiger partial charge >= 0.3 is 0 Å². The van der Waals surface area contributed by atoms with Crippen molar-refractivity contribution in [3.63, 3.8) is 0 Å². The highest BCUT2D eigenvalue weighted by Crippen LogP contribution is 2.36. The quantitative estimate of drug-likeness (QED) is 0.368. The second kappa shape index (κ2) is 9.83. The molecule has 4 aromatic rings. The van der Waals surface area contributed by atoms with Crippen molar-refractivity contribution in [2.45, 2.75) is 38.0 Å². The summed E-state index contributed by atoms with van der Waals surface area (Å²) in [6, 6.07) is 18.3. The number of hydrogen-bond donors (Lipinski definition) is 3. The number of aromatic nitrogens is 2. The largest absolute Gasteiger partial charge is 0.496 e. The van der Waals surface area contributed by atoms with E-state index in [2.05, 4.69) is 10.4 Å². The van der Waals surface area contributed by atoms with Crippen LogP contribution in [0.4, 0.5) is 0 Å². The zero-order valence-corrected chi connectivity index (χ0v) is 20.0. The molecule has 0 bridgehead atoms. The zero-order chi connectivity index (χ0) is 25.2. The van der Waals surface area contributed by atoms with Crippen molar-refractivity contribution >= 4 is 22.7 Å². The highest BCUT2D eigenvalue weighted by atomic mass is 16.5. The van der Waals surface area contributed by atoms with Crippen LogP contribution < -0.4 is 15.8 Å². The van der Waals surface area contributed by atoms with Crippen LogP contribution in [0.1, 0.15) is 51.6 Å². The highest BCUT2D eigenvalue weighted by molar-refractivity contribution is 6.10. The molecule has 184 valence electrons. The average Bonchev–Trinajstić information content (AvgIpc) is 3.52. The predicted molar refractivity (Wildman–Crippen MR) is 137 cm³/mol. The summed E-state index contributed by atoms with van der Waals surface area (Å²) >= 11 is 0. The predicted octanol–water partition coefficient (Wildman–Crippen LogP) is 3.83. The SMILES string of the molecule is COc1ccccc1C(=O)NCc1ccc(-c2ccc3cnn(C4CCCC4O)c3c2C(N)=O)cc1. The number of rotatable bonds is 7. The van der Waals surface area contributed by atoms with Crippen LogP contribution in [0.15, 0.2) is 66.9 Å². The number of primary amides is 1. The van der Waals surface area contributed by atoms with Crippen molar-refractivity contribution in [3.05, 3.63) is 83.6 Å². The maximum Gasteiger partial charge on any atom is 0.255 e. The molecule has 1 heterocycles. The van der Waals surface area contributed by atoms with Gasteiger partial charge in [-0.2, -0.15) is 5.10 Å². The Morgan fingerprint density at radius 3 is 2.58 bits per heavy atom. The molecule has 0 saturated heterocycles. The van der Waals surface area contributed by atoms with E-state index in [4.69, 9.17) is 10.5 Å². The summed E-state index contributed by atoms with van der Waals surface area (Å²) in [5.74, 6) is -0.248. The molecule has 2 atom stereocenters. The van der Waals surface area contributed by atoms with Crippen molar-refractivity contribution in [1.82, 2.24) is 15.1 Å². The molecular formula is C28H28N4O4. The monoisotopic (exact) mass is 484 g/mol. The van der Waals surface area contributed by atoms with Crippen LogP contribution in [0.5, 0.6) is 5.75 Å². The maximum atomic E-state index is 12.6. The Hall–Kier alpha value is -4.17. The second-order valence-corrected chi connectivity index (χ2v) is 9.02. The summed E-state index contributed by atoms with van der Waals surface area (Å²) in [5, 5.41) is 18.7. The summed E-state index contributed by atoms with van der Waals surface area (Å²) < 4.78 is 7.03. The number of nitrogens with zero attached hydrogens (tertiary/aromatic N) is 2. The molecular weight excluding hydrogens is 456 g/mol. The van der Waals surface area contributed by atoms with Gasteiger partial charge in [0.1, 0.15) is 5.75 Å². The number of aliphatic hydroxyl groups excluding tert-OH is 1. The number of nitrogens with two attached hydrogens (primary N) is 1. The molecule has 8 heteroatoms. The van der Waals surface area contributed by atoms with Crippen molar-refractivity contribution in [3.8, 4) is 16.9 Å². The lowest BCUT2D eigenvalue weighted by molar-refractivity contribution is 0.0946. The van der Waals surface area contributed by atoms with Gasteiger partial charge < -0.3 is 20.9 Å². The maximum absolute atomic E-state index is 12.6. The lowest BCUT2D eigenvalue weighted by Gasteiger charge is -2.18. The summed E-state index contributed by atoms with van der Waals surface area (Å²) in [7, 11) is 1.53. The Labute approximate surface area is 208 Å². The van der Waals surface area contributed by atoms with Crippen molar-refractivity contribution in [2.24, 2.45) is 5.73 Å². The van der Waals surface area contributed by atoms with Gasteiger partial charge in [-0.3, -0.25) is 14.3 Å².